The van der Waals surface area contributed by atoms with Crippen LogP contribution in [0, 0.1) is 0 Å². The lowest BCUT2D eigenvalue weighted by atomic mass is 9.95. The van der Waals surface area contributed by atoms with Crippen molar-refractivity contribution in [1.29, 1.82) is 0 Å². The molecule has 0 amide bonds. The van der Waals surface area contributed by atoms with Gasteiger partial charge >= 0.3 is 6.18 Å². The van der Waals surface area contributed by atoms with E-state index in [2.05, 4.69) is 18.9 Å². The van der Waals surface area contributed by atoms with Gasteiger partial charge in [-0.1, -0.05) is 58.1 Å². The highest BCUT2D eigenvalue weighted by atomic mass is 19.4. The number of aromatic nitrogens is 3. The summed E-state index contributed by atoms with van der Waals surface area (Å²) in [5.41, 5.74) is 1.96. The molecule has 150 valence electrons. The number of unbranched alkanes of at least 4 members (excludes halogenated alkanes) is 4. The SMILES string of the molecule is CCCCCCCC(C)c1nc2cccnn2c1-c1cccc(C(F)(F)F)c1. The number of alkyl halides is 3. The summed E-state index contributed by atoms with van der Waals surface area (Å²) >= 11 is 0. The van der Waals surface area contributed by atoms with Crippen molar-refractivity contribution in [2.24, 2.45) is 0 Å². The monoisotopic (exact) mass is 389 g/mol. The summed E-state index contributed by atoms with van der Waals surface area (Å²) in [6, 6.07) is 9.05. The smallest absolute Gasteiger partial charge is 0.231 e. The van der Waals surface area contributed by atoms with Crippen molar-refractivity contribution in [1.82, 2.24) is 14.6 Å². The van der Waals surface area contributed by atoms with Gasteiger partial charge in [-0.25, -0.2) is 9.50 Å². The molecule has 0 saturated carbocycles. The van der Waals surface area contributed by atoms with Gasteiger partial charge in [0, 0.05) is 17.7 Å². The first-order valence-corrected chi connectivity index (χ1v) is 9.93. The second-order valence-electron chi connectivity index (χ2n) is 7.32. The van der Waals surface area contributed by atoms with Crippen LogP contribution in [0.1, 0.15) is 69.5 Å². The fourth-order valence-electron chi connectivity index (χ4n) is 3.55. The van der Waals surface area contributed by atoms with Gasteiger partial charge in [0.05, 0.1) is 17.0 Å². The van der Waals surface area contributed by atoms with Crippen molar-refractivity contribution < 1.29 is 13.2 Å². The van der Waals surface area contributed by atoms with Gasteiger partial charge in [0.25, 0.3) is 0 Å². The van der Waals surface area contributed by atoms with E-state index in [1.54, 1.807) is 22.8 Å². The number of fused-ring (bicyclic) bond motifs is 1. The van der Waals surface area contributed by atoms with Crippen LogP contribution >= 0.6 is 0 Å². The Hall–Kier alpha value is -2.37. The molecule has 0 aliphatic carbocycles. The number of benzene rings is 1. The van der Waals surface area contributed by atoms with E-state index in [-0.39, 0.29) is 5.92 Å². The topological polar surface area (TPSA) is 30.2 Å². The number of hydrogen-bond donors (Lipinski definition) is 0. The highest BCUT2D eigenvalue weighted by Gasteiger charge is 2.31. The molecular formula is C22H26F3N3. The first kappa shape index (κ1) is 20.4. The second-order valence-corrected chi connectivity index (χ2v) is 7.32. The zero-order valence-electron chi connectivity index (χ0n) is 16.3. The summed E-state index contributed by atoms with van der Waals surface area (Å²) in [6.07, 6.45) is 4.12. The lowest BCUT2D eigenvalue weighted by Crippen LogP contribution is -2.05. The third-order valence-corrected chi connectivity index (χ3v) is 5.09. The maximum Gasteiger partial charge on any atom is 0.416 e. The van der Waals surface area contributed by atoms with E-state index in [1.165, 1.54) is 37.8 Å². The zero-order valence-corrected chi connectivity index (χ0v) is 16.3. The van der Waals surface area contributed by atoms with Crippen LogP contribution in [0.4, 0.5) is 13.2 Å². The molecule has 0 bridgehead atoms. The molecule has 0 N–H and O–H groups in total. The molecule has 0 saturated heterocycles. The minimum absolute atomic E-state index is 0.146. The fraction of sp³-hybridized carbons (Fsp3) is 0.455. The molecule has 2 heterocycles. The van der Waals surface area contributed by atoms with Crippen LogP contribution in [0.25, 0.3) is 16.9 Å². The molecule has 1 atom stereocenters. The number of halogens is 3. The Bertz CT molecular complexity index is 915. The number of nitrogens with zero attached hydrogens (tertiary/aromatic N) is 3. The predicted octanol–water partition coefficient (Wildman–Crippen LogP) is 6.88. The Kier molecular flexibility index (Phi) is 6.37. The molecule has 1 aromatic carbocycles. The van der Waals surface area contributed by atoms with Gasteiger partial charge in [0.2, 0.25) is 0 Å². The van der Waals surface area contributed by atoms with Gasteiger partial charge in [-0.05, 0) is 30.7 Å². The molecule has 28 heavy (non-hydrogen) atoms. The van der Waals surface area contributed by atoms with Crippen molar-refractivity contribution >= 4 is 5.65 Å². The van der Waals surface area contributed by atoms with E-state index in [4.69, 9.17) is 4.98 Å². The molecule has 3 rings (SSSR count). The number of rotatable bonds is 8. The van der Waals surface area contributed by atoms with Crippen molar-refractivity contribution in [2.75, 3.05) is 0 Å². The second kappa shape index (κ2) is 8.76. The van der Waals surface area contributed by atoms with Gasteiger partial charge < -0.3 is 0 Å². The highest BCUT2D eigenvalue weighted by Crippen LogP contribution is 2.36. The molecule has 0 radical (unpaired) electrons. The summed E-state index contributed by atoms with van der Waals surface area (Å²) in [5, 5.41) is 4.35. The van der Waals surface area contributed by atoms with Gasteiger partial charge in [-0.15, -0.1) is 0 Å². The first-order chi connectivity index (χ1) is 13.4. The van der Waals surface area contributed by atoms with Crippen molar-refractivity contribution in [3.63, 3.8) is 0 Å². The average Bonchev–Trinajstić information content (AvgIpc) is 3.07. The van der Waals surface area contributed by atoms with Crippen LogP contribution < -0.4 is 0 Å². The third-order valence-electron chi connectivity index (χ3n) is 5.09. The normalized spacial score (nSPS) is 13.2. The van der Waals surface area contributed by atoms with E-state index < -0.39 is 11.7 Å². The van der Waals surface area contributed by atoms with Gasteiger partial charge in [0.15, 0.2) is 5.65 Å². The lowest BCUT2D eigenvalue weighted by Gasteiger charge is -2.13. The Morgan fingerprint density at radius 2 is 1.82 bits per heavy atom. The molecule has 0 aliphatic heterocycles. The summed E-state index contributed by atoms with van der Waals surface area (Å²) in [6.45, 7) is 4.28. The van der Waals surface area contributed by atoms with E-state index in [1.807, 2.05) is 6.07 Å². The van der Waals surface area contributed by atoms with Crippen molar-refractivity contribution in [3.8, 4) is 11.3 Å². The maximum atomic E-state index is 13.2. The molecule has 0 fully saturated rings. The maximum absolute atomic E-state index is 13.2. The zero-order chi connectivity index (χ0) is 20.1. The van der Waals surface area contributed by atoms with Gasteiger partial charge in [-0.3, -0.25) is 0 Å². The van der Waals surface area contributed by atoms with E-state index in [0.717, 1.165) is 24.6 Å². The summed E-state index contributed by atoms with van der Waals surface area (Å²) < 4.78 is 41.3. The molecule has 2 aromatic heterocycles. The Labute approximate surface area is 163 Å². The van der Waals surface area contributed by atoms with Crippen LogP contribution in [-0.4, -0.2) is 14.6 Å². The van der Waals surface area contributed by atoms with E-state index >= 15 is 0 Å². The summed E-state index contributed by atoms with van der Waals surface area (Å²) in [4.78, 5) is 4.72. The van der Waals surface area contributed by atoms with Crippen LogP contribution in [0.2, 0.25) is 0 Å². The quantitative estimate of drug-likeness (QED) is 0.393. The van der Waals surface area contributed by atoms with Gasteiger partial charge in [-0.2, -0.15) is 18.3 Å². The molecule has 3 aromatic rings. The Morgan fingerprint density at radius 1 is 1.04 bits per heavy atom. The summed E-state index contributed by atoms with van der Waals surface area (Å²) in [5.74, 6) is 0.146. The molecule has 3 nitrogen and oxygen atoms in total. The number of hydrogen-bond acceptors (Lipinski definition) is 2. The average molecular weight is 389 g/mol. The van der Waals surface area contributed by atoms with Crippen molar-refractivity contribution in [2.45, 2.75) is 64.5 Å². The largest absolute Gasteiger partial charge is 0.416 e. The lowest BCUT2D eigenvalue weighted by molar-refractivity contribution is -0.137. The third kappa shape index (κ3) is 4.54. The van der Waals surface area contributed by atoms with Crippen LogP contribution in [0.15, 0.2) is 42.6 Å². The molecule has 6 heteroatoms. The Balaban J connectivity index is 1.96. The number of imidazole rings is 1. The molecule has 0 aliphatic rings. The molecule has 1 unspecified atom stereocenters. The minimum atomic E-state index is -4.38. The highest BCUT2D eigenvalue weighted by molar-refractivity contribution is 5.68. The predicted molar refractivity (Wildman–Crippen MR) is 105 cm³/mol. The van der Waals surface area contributed by atoms with Gasteiger partial charge in [0.1, 0.15) is 0 Å². The van der Waals surface area contributed by atoms with Crippen LogP contribution in [0.3, 0.4) is 0 Å². The van der Waals surface area contributed by atoms with E-state index in [9.17, 15) is 13.2 Å². The Morgan fingerprint density at radius 3 is 2.57 bits per heavy atom. The first-order valence-electron chi connectivity index (χ1n) is 9.93. The molecule has 0 spiro atoms. The van der Waals surface area contributed by atoms with Crippen LogP contribution in [0.5, 0.6) is 0 Å². The summed E-state index contributed by atoms with van der Waals surface area (Å²) in [7, 11) is 0. The van der Waals surface area contributed by atoms with Crippen LogP contribution in [-0.2, 0) is 6.18 Å². The molecular weight excluding hydrogens is 363 g/mol. The minimum Gasteiger partial charge on any atom is -0.231 e. The fourth-order valence-corrected chi connectivity index (χ4v) is 3.55. The van der Waals surface area contributed by atoms with E-state index in [0.29, 0.717) is 16.9 Å². The van der Waals surface area contributed by atoms with Crippen molar-refractivity contribution in [3.05, 3.63) is 53.9 Å². The standard InChI is InChI=1S/C22H26F3N3/c1-3-4-5-6-7-10-16(2)20-21(28-19(27-20)13-9-14-26-28)17-11-8-12-18(15-17)22(23,24)25/h8-9,11-16H,3-7,10H2,1-2H3.